The molecule has 0 aliphatic carbocycles. The van der Waals surface area contributed by atoms with Crippen LogP contribution in [0.25, 0.3) is 11.5 Å². The number of aryl methyl sites for hydroxylation is 3. The fraction of sp³-hybridized carbons (Fsp3) is 0.409. The van der Waals surface area contributed by atoms with Gasteiger partial charge in [-0.15, -0.1) is 0 Å². The molecule has 4 rings (SSSR count). The molecule has 0 saturated carbocycles. The zero-order valence-corrected chi connectivity index (χ0v) is 17.5. The Morgan fingerprint density at radius 2 is 1.72 bits per heavy atom. The van der Waals surface area contributed by atoms with Crippen LogP contribution in [0.2, 0.25) is 0 Å². The van der Waals surface area contributed by atoms with Crippen molar-refractivity contribution in [2.75, 3.05) is 38.2 Å². The maximum Gasteiger partial charge on any atom is 0.226 e. The molecule has 1 aliphatic rings. The van der Waals surface area contributed by atoms with Crippen LogP contribution in [0.3, 0.4) is 0 Å². The van der Waals surface area contributed by atoms with E-state index in [1.807, 2.05) is 26.0 Å². The largest absolute Gasteiger partial charge is 0.496 e. The van der Waals surface area contributed by atoms with Crippen LogP contribution >= 0.6 is 0 Å². The molecule has 3 heterocycles. The summed E-state index contributed by atoms with van der Waals surface area (Å²) in [5.74, 6) is 3.24. The van der Waals surface area contributed by atoms with Crippen LogP contribution in [0, 0.1) is 20.8 Å². The summed E-state index contributed by atoms with van der Waals surface area (Å²) in [6.07, 6.45) is 3.58. The number of ether oxygens (including phenoxy) is 1. The van der Waals surface area contributed by atoms with Gasteiger partial charge < -0.3 is 14.1 Å². The quantitative estimate of drug-likeness (QED) is 0.658. The zero-order valence-electron chi connectivity index (χ0n) is 17.5. The SMILES string of the molecule is COc1cc(C)c(-c2nc(CN3CCN(c4ncccn4)CC3)c(C)o2)cc1C. The topological polar surface area (TPSA) is 67.5 Å². The number of oxazole rings is 1. The number of hydrogen-bond acceptors (Lipinski definition) is 7. The van der Waals surface area contributed by atoms with E-state index in [1.165, 1.54) is 0 Å². The predicted molar refractivity (Wildman–Crippen MR) is 112 cm³/mol. The summed E-state index contributed by atoms with van der Waals surface area (Å²) in [6.45, 7) is 10.6. The van der Waals surface area contributed by atoms with Crippen LogP contribution in [-0.2, 0) is 6.54 Å². The van der Waals surface area contributed by atoms with E-state index in [0.29, 0.717) is 5.89 Å². The van der Waals surface area contributed by atoms with E-state index in [0.717, 1.165) is 72.6 Å². The van der Waals surface area contributed by atoms with Gasteiger partial charge in [0.1, 0.15) is 11.5 Å². The number of rotatable bonds is 5. The van der Waals surface area contributed by atoms with E-state index < -0.39 is 0 Å². The fourth-order valence-electron chi connectivity index (χ4n) is 3.70. The highest BCUT2D eigenvalue weighted by Gasteiger charge is 2.22. The van der Waals surface area contributed by atoms with E-state index in [1.54, 1.807) is 19.5 Å². The molecule has 0 spiro atoms. The Bertz CT molecular complexity index is 978. The van der Waals surface area contributed by atoms with Crippen molar-refractivity contribution in [3.63, 3.8) is 0 Å². The van der Waals surface area contributed by atoms with Crippen LogP contribution in [0.15, 0.2) is 35.0 Å². The van der Waals surface area contributed by atoms with Gasteiger partial charge in [-0.2, -0.15) is 0 Å². The molecule has 0 radical (unpaired) electrons. The predicted octanol–water partition coefficient (Wildman–Crippen LogP) is 3.39. The molecule has 152 valence electrons. The number of aromatic nitrogens is 3. The summed E-state index contributed by atoms with van der Waals surface area (Å²) >= 11 is 0. The lowest BCUT2D eigenvalue weighted by Gasteiger charge is -2.34. The van der Waals surface area contributed by atoms with Gasteiger partial charge in [0, 0.05) is 50.7 Å². The number of nitrogens with zero attached hydrogens (tertiary/aromatic N) is 5. The van der Waals surface area contributed by atoms with Gasteiger partial charge in [-0.25, -0.2) is 15.0 Å². The summed E-state index contributed by atoms with van der Waals surface area (Å²) in [4.78, 5) is 18.1. The molecule has 1 aliphatic heterocycles. The second-order valence-electron chi connectivity index (χ2n) is 7.47. The molecule has 2 aromatic heterocycles. The van der Waals surface area contributed by atoms with Gasteiger partial charge in [0.05, 0.1) is 12.8 Å². The summed E-state index contributed by atoms with van der Waals surface area (Å²) < 4.78 is 11.4. The molecule has 7 heteroatoms. The minimum atomic E-state index is 0.678. The van der Waals surface area contributed by atoms with Gasteiger partial charge in [0.15, 0.2) is 0 Å². The Morgan fingerprint density at radius 3 is 2.41 bits per heavy atom. The minimum absolute atomic E-state index is 0.678. The first kappa shape index (κ1) is 19.4. The molecule has 0 unspecified atom stereocenters. The third kappa shape index (κ3) is 4.10. The van der Waals surface area contributed by atoms with Gasteiger partial charge in [0.25, 0.3) is 0 Å². The highest BCUT2D eigenvalue weighted by atomic mass is 16.5. The van der Waals surface area contributed by atoms with Crippen molar-refractivity contribution in [2.24, 2.45) is 0 Å². The lowest BCUT2D eigenvalue weighted by atomic mass is 10.0. The third-order valence-electron chi connectivity index (χ3n) is 5.45. The van der Waals surface area contributed by atoms with Crippen LogP contribution in [0.5, 0.6) is 5.75 Å². The lowest BCUT2D eigenvalue weighted by Crippen LogP contribution is -2.46. The average molecular weight is 393 g/mol. The van der Waals surface area contributed by atoms with Crippen LogP contribution in [0.4, 0.5) is 5.95 Å². The summed E-state index contributed by atoms with van der Waals surface area (Å²) in [6, 6.07) is 5.97. The molecule has 0 N–H and O–H groups in total. The van der Waals surface area contributed by atoms with Gasteiger partial charge in [0.2, 0.25) is 11.8 Å². The third-order valence-corrected chi connectivity index (χ3v) is 5.45. The maximum atomic E-state index is 6.03. The first-order chi connectivity index (χ1) is 14.0. The molecular weight excluding hydrogens is 366 g/mol. The standard InChI is InChI=1S/C22H27N5O2/c1-15-13-20(28-4)16(2)12-18(15)21-25-19(17(3)29-21)14-26-8-10-27(11-9-26)22-23-6-5-7-24-22/h5-7,12-13H,8-11,14H2,1-4H3. The molecule has 7 nitrogen and oxygen atoms in total. The highest BCUT2D eigenvalue weighted by molar-refractivity contribution is 5.62. The zero-order chi connectivity index (χ0) is 20.4. The number of benzene rings is 1. The molecule has 0 amide bonds. The second kappa shape index (κ2) is 8.21. The van der Waals surface area contributed by atoms with Gasteiger partial charge in [-0.05, 0) is 50.1 Å². The van der Waals surface area contributed by atoms with Crippen molar-refractivity contribution in [2.45, 2.75) is 27.3 Å². The highest BCUT2D eigenvalue weighted by Crippen LogP contribution is 2.31. The molecule has 1 fully saturated rings. The van der Waals surface area contributed by atoms with Crippen LogP contribution in [0.1, 0.15) is 22.6 Å². The number of methoxy groups -OCH3 is 1. The smallest absolute Gasteiger partial charge is 0.226 e. The van der Waals surface area contributed by atoms with E-state index in [-0.39, 0.29) is 0 Å². The number of hydrogen-bond donors (Lipinski definition) is 0. The van der Waals surface area contributed by atoms with Gasteiger partial charge in [-0.3, -0.25) is 4.90 Å². The van der Waals surface area contributed by atoms with Crippen molar-refractivity contribution in [1.82, 2.24) is 19.9 Å². The minimum Gasteiger partial charge on any atom is -0.496 e. The summed E-state index contributed by atoms with van der Waals surface area (Å²) in [5.41, 5.74) is 4.18. The molecule has 29 heavy (non-hydrogen) atoms. The van der Waals surface area contributed by atoms with Crippen molar-refractivity contribution in [1.29, 1.82) is 0 Å². The molecule has 1 aromatic carbocycles. The molecule has 3 aromatic rings. The Labute approximate surface area is 171 Å². The number of anilines is 1. The van der Waals surface area contributed by atoms with E-state index in [2.05, 4.69) is 32.8 Å². The molecule has 0 bridgehead atoms. The monoisotopic (exact) mass is 393 g/mol. The molecule has 0 atom stereocenters. The van der Waals surface area contributed by atoms with Crippen molar-refractivity contribution < 1.29 is 9.15 Å². The van der Waals surface area contributed by atoms with Gasteiger partial charge >= 0.3 is 0 Å². The first-order valence-electron chi connectivity index (χ1n) is 9.91. The normalized spacial score (nSPS) is 15.0. The van der Waals surface area contributed by atoms with Gasteiger partial charge in [-0.1, -0.05) is 0 Å². The van der Waals surface area contributed by atoms with Crippen LogP contribution < -0.4 is 9.64 Å². The lowest BCUT2D eigenvalue weighted by molar-refractivity contribution is 0.245. The molecular formula is C22H27N5O2. The fourth-order valence-corrected chi connectivity index (χ4v) is 3.70. The van der Waals surface area contributed by atoms with E-state index in [9.17, 15) is 0 Å². The summed E-state index contributed by atoms with van der Waals surface area (Å²) in [7, 11) is 1.69. The van der Waals surface area contributed by atoms with E-state index in [4.69, 9.17) is 14.1 Å². The molecule has 1 saturated heterocycles. The van der Waals surface area contributed by atoms with E-state index >= 15 is 0 Å². The second-order valence-corrected chi connectivity index (χ2v) is 7.47. The van der Waals surface area contributed by atoms with Crippen LogP contribution in [-0.4, -0.2) is 53.1 Å². The van der Waals surface area contributed by atoms with Crippen molar-refractivity contribution >= 4 is 5.95 Å². The Morgan fingerprint density at radius 1 is 1.00 bits per heavy atom. The maximum absolute atomic E-state index is 6.03. The van der Waals surface area contributed by atoms with Crippen molar-refractivity contribution in [3.8, 4) is 17.2 Å². The number of piperazine rings is 1. The first-order valence-corrected chi connectivity index (χ1v) is 9.91. The summed E-state index contributed by atoms with van der Waals surface area (Å²) in [5, 5.41) is 0. The Hall–Kier alpha value is -2.93. The van der Waals surface area contributed by atoms with Crippen molar-refractivity contribution in [3.05, 3.63) is 53.2 Å². The Kier molecular flexibility index (Phi) is 5.49. The Balaban J connectivity index is 1.45. The average Bonchev–Trinajstić information content (AvgIpc) is 3.10.